The lowest BCUT2D eigenvalue weighted by atomic mass is 10.1. The van der Waals surface area contributed by atoms with E-state index in [-0.39, 0.29) is 5.56 Å². The normalized spacial score (nSPS) is 12.7. The molecule has 0 amide bonds. The van der Waals surface area contributed by atoms with Gasteiger partial charge in [0.2, 0.25) is 0 Å². The molecule has 0 bridgehead atoms. The fraction of sp³-hybridized carbons (Fsp3) is 0.231. The van der Waals surface area contributed by atoms with Crippen molar-refractivity contribution in [2.45, 2.75) is 19.3 Å². The highest BCUT2D eigenvalue weighted by atomic mass is 79.9. The third kappa shape index (κ3) is 3.04. The summed E-state index contributed by atoms with van der Waals surface area (Å²) in [5.41, 5.74) is 0.826. The number of nitrogens with zero attached hydrogens (tertiary/aromatic N) is 2. The fourth-order valence-electron chi connectivity index (χ4n) is 1.70. The molecule has 0 fully saturated rings. The van der Waals surface area contributed by atoms with Crippen LogP contribution in [0.3, 0.4) is 0 Å². The van der Waals surface area contributed by atoms with Gasteiger partial charge < -0.3 is 5.11 Å². The van der Waals surface area contributed by atoms with Crippen LogP contribution >= 0.6 is 15.9 Å². The highest BCUT2D eigenvalue weighted by Crippen LogP contribution is 2.26. The highest BCUT2D eigenvalue weighted by molar-refractivity contribution is 9.10. The van der Waals surface area contributed by atoms with Crippen LogP contribution in [0, 0.1) is 0 Å². The Kier molecular flexibility index (Phi) is 4.17. The van der Waals surface area contributed by atoms with Crippen molar-refractivity contribution in [2.75, 3.05) is 0 Å². The maximum absolute atomic E-state index is 12.8. The van der Waals surface area contributed by atoms with Gasteiger partial charge in [0.1, 0.15) is 0 Å². The van der Waals surface area contributed by atoms with E-state index < -0.39 is 18.3 Å². The first-order chi connectivity index (χ1) is 9.38. The quantitative estimate of drug-likeness (QED) is 0.918. The van der Waals surface area contributed by atoms with Gasteiger partial charge in [0.25, 0.3) is 6.43 Å². The zero-order valence-corrected chi connectivity index (χ0v) is 12.0. The molecule has 7 heteroatoms. The van der Waals surface area contributed by atoms with Crippen molar-refractivity contribution >= 4 is 21.9 Å². The van der Waals surface area contributed by atoms with Crippen molar-refractivity contribution in [1.29, 1.82) is 0 Å². The maximum atomic E-state index is 12.8. The summed E-state index contributed by atoms with van der Waals surface area (Å²) in [6.07, 6.45) is 0.358. The molecule has 0 aliphatic heterocycles. The number of alkyl halides is 2. The Bertz CT molecular complexity index is 643. The summed E-state index contributed by atoms with van der Waals surface area (Å²) in [5, 5.41) is 13.0. The van der Waals surface area contributed by atoms with Crippen molar-refractivity contribution in [3.63, 3.8) is 0 Å². The molecule has 0 aliphatic carbocycles. The van der Waals surface area contributed by atoms with Gasteiger partial charge in [-0.05, 0) is 25.1 Å². The van der Waals surface area contributed by atoms with Gasteiger partial charge in [0.15, 0.2) is 0 Å². The molecule has 106 valence electrons. The van der Waals surface area contributed by atoms with Crippen LogP contribution in [0.1, 0.15) is 30.4 Å². The second-order valence-electron chi connectivity index (χ2n) is 4.32. The van der Waals surface area contributed by atoms with Gasteiger partial charge in [-0.2, -0.15) is 5.10 Å². The summed E-state index contributed by atoms with van der Waals surface area (Å²) in [6.45, 7) is 1.54. The van der Waals surface area contributed by atoms with E-state index in [1.165, 1.54) is 36.1 Å². The molecule has 1 heterocycles. The van der Waals surface area contributed by atoms with E-state index in [2.05, 4.69) is 21.0 Å². The Labute approximate surface area is 122 Å². The number of benzene rings is 1. The molecule has 1 atom stereocenters. The zero-order chi connectivity index (χ0) is 14.9. The zero-order valence-electron chi connectivity index (χ0n) is 10.4. The number of carbonyl (C=O) groups is 1. The third-order valence-corrected chi connectivity index (χ3v) is 3.35. The second-order valence-corrected chi connectivity index (χ2v) is 5.24. The van der Waals surface area contributed by atoms with Crippen LogP contribution in [0.4, 0.5) is 8.78 Å². The summed E-state index contributed by atoms with van der Waals surface area (Å²) in [4.78, 5) is 10.9. The average molecular weight is 345 g/mol. The maximum Gasteiger partial charge on any atom is 0.310 e. The number of halogens is 3. The van der Waals surface area contributed by atoms with Crippen LogP contribution in [0.15, 0.2) is 35.1 Å². The largest absolute Gasteiger partial charge is 0.481 e. The molecule has 1 N–H and O–H groups in total. The van der Waals surface area contributed by atoms with Crippen LogP contribution in [-0.2, 0) is 4.79 Å². The van der Waals surface area contributed by atoms with E-state index in [1.807, 2.05) is 0 Å². The number of aliphatic carboxylic acids is 1. The minimum Gasteiger partial charge on any atom is -0.481 e. The molecule has 4 nitrogen and oxygen atoms in total. The molecule has 0 saturated carbocycles. The molecule has 0 aliphatic rings. The molecular weight excluding hydrogens is 334 g/mol. The van der Waals surface area contributed by atoms with E-state index in [4.69, 9.17) is 5.11 Å². The van der Waals surface area contributed by atoms with Gasteiger partial charge >= 0.3 is 5.97 Å². The Hall–Kier alpha value is -1.76. The molecule has 1 unspecified atom stereocenters. The Balaban J connectivity index is 2.39. The topological polar surface area (TPSA) is 55.1 Å². The number of aromatic nitrogens is 2. The molecule has 1 aromatic heterocycles. The van der Waals surface area contributed by atoms with Crippen molar-refractivity contribution < 1.29 is 18.7 Å². The molecule has 20 heavy (non-hydrogen) atoms. The lowest BCUT2D eigenvalue weighted by molar-refractivity contribution is -0.138. The summed E-state index contributed by atoms with van der Waals surface area (Å²) < 4.78 is 27.4. The van der Waals surface area contributed by atoms with Crippen molar-refractivity contribution in [2.24, 2.45) is 0 Å². The summed E-state index contributed by atoms with van der Waals surface area (Å²) in [5.74, 6) is -1.67. The summed E-state index contributed by atoms with van der Waals surface area (Å²) in [6, 6.07) is 4.28. The van der Waals surface area contributed by atoms with Crippen molar-refractivity contribution in [3.8, 4) is 5.69 Å². The minimum absolute atomic E-state index is 0.127. The number of carboxylic acids is 1. The molecule has 2 rings (SSSR count). The lowest BCUT2D eigenvalue weighted by Crippen LogP contribution is -2.06. The van der Waals surface area contributed by atoms with Crippen LogP contribution in [0.5, 0.6) is 0 Å². The Morgan fingerprint density at radius 3 is 2.65 bits per heavy atom. The molecule has 2 aromatic rings. The second kappa shape index (κ2) is 5.70. The van der Waals surface area contributed by atoms with Gasteiger partial charge in [-0.15, -0.1) is 0 Å². The Morgan fingerprint density at radius 2 is 2.05 bits per heavy atom. The van der Waals surface area contributed by atoms with E-state index >= 15 is 0 Å². The molecule has 0 radical (unpaired) electrons. The molecule has 0 saturated heterocycles. The van der Waals surface area contributed by atoms with E-state index in [1.54, 1.807) is 6.07 Å². The first-order valence-corrected chi connectivity index (χ1v) is 6.54. The molecule has 0 spiro atoms. The average Bonchev–Trinajstić information content (AvgIpc) is 2.86. The first-order valence-electron chi connectivity index (χ1n) is 5.75. The van der Waals surface area contributed by atoms with Crippen molar-refractivity contribution in [1.82, 2.24) is 9.78 Å². The predicted octanol–water partition coefficient (Wildman–Crippen LogP) is 3.76. The van der Waals surface area contributed by atoms with Crippen LogP contribution in [0.25, 0.3) is 5.69 Å². The SMILES string of the molecule is CC(C(=O)O)c1cnn(-c2cc(Br)cc(C(F)F)c2)c1. The van der Waals surface area contributed by atoms with Crippen LogP contribution < -0.4 is 0 Å². The van der Waals surface area contributed by atoms with E-state index in [0.717, 1.165) is 0 Å². The summed E-state index contributed by atoms with van der Waals surface area (Å²) in [7, 11) is 0. The number of carboxylic acid groups (broad SMARTS) is 1. The lowest BCUT2D eigenvalue weighted by Gasteiger charge is -2.06. The summed E-state index contributed by atoms with van der Waals surface area (Å²) >= 11 is 3.17. The van der Waals surface area contributed by atoms with E-state index in [9.17, 15) is 13.6 Å². The first kappa shape index (κ1) is 14.6. The standard InChI is InChI=1S/C13H11BrF2N2O2/c1-7(13(19)20)9-5-17-18(6-9)11-3-8(12(15)16)2-10(14)4-11/h2-7,12H,1H3,(H,19,20). The highest BCUT2D eigenvalue weighted by Gasteiger charge is 2.16. The van der Waals surface area contributed by atoms with Gasteiger partial charge in [-0.25, -0.2) is 13.5 Å². The number of rotatable bonds is 4. The number of hydrogen-bond donors (Lipinski definition) is 1. The Morgan fingerprint density at radius 1 is 1.35 bits per heavy atom. The fourth-order valence-corrected chi connectivity index (χ4v) is 2.20. The third-order valence-electron chi connectivity index (χ3n) is 2.89. The molecular formula is C13H11BrF2N2O2. The number of hydrogen-bond acceptors (Lipinski definition) is 2. The van der Waals surface area contributed by atoms with Crippen LogP contribution in [-0.4, -0.2) is 20.9 Å². The van der Waals surface area contributed by atoms with Gasteiger partial charge in [-0.1, -0.05) is 15.9 Å². The van der Waals surface area contributed by atoms with E-state index in [0.29, 0.717) is 15.7 Å². The van der Waals surface area contributed by atoms with Gasteiger partial charge in [0, 0.05) is 21.8 Å². The van der Waals surface area contributed by atoms with Crippen LogP contribution in [0.2, 0.25) is 0 Å². The van der Waals surface area contributed by atoms with Gasteiger partial charge in [0.05, 0.1) is 17.8 Å². The monoisotopic (exact) mass is 344 g/mol. The van der Waals surface area contributed by atoms with Gasteiger partial charge in [-0.3, -0.25) is 4.79 Å². The predicted molar refractivity (Wildman–Crippen MR) is 72.3 cm³/mol. The molecule has 1 aromatic carbocycles. The smallest absolute Gasteiger partial charge is 0.310 e. The van der Waals surface area contributed by atoms with Crippen molar-refractivity contribution in [3.05, 3.63) is 46.2 Å². The minimum atomic E-state index is -2.58.